The highest BCUT2D eigenvalue weighted by molar-refractivity contribution is 5.65. The van der Waals surface area contributed by atoms with E-state index in [0.717, 1.165) is 13.1 Å². The number of anilines is 2. The Hall–Kier alpha value is -1.80. The molecule has 0 aliphatic carbocycles. The normalized spacial score (nSPS) is 10.5. The van der Waals surface area contributed by atoms with E-state index in [4.69, 9.17) is 0 Å². The summed E-state index contributed by atoms with van der Waals surface area (Å²) in [5.74, 6) is 0. The van der Waals surface area contributed by atoms with Crippen molar-refractivity contribution in [1.29, 1.82) is 0 Å². The summed E-state index contributed by atoms with van der Waals surface area (Å²) in [5, 5.41) is 3.36. The first-order valence-electron chi connectivity index (χ1n) is 6.81. The maximum absolute atomic E-state index is 3.36. The molecular formula is C17H22N2. The molecule has 2 heteroatoms. The monoisotopic (exact) mass is 254 g/mol. The smallest absolute Gasteiger partial charge is 0.0438 e. The van der Waals surface area contributed by atoms with E-state index in [2.05, 4.69) is 73.6 Å². The largest absolute Gasteiger partial charge is 0.344 e. The van der Waals surface area contributed by atoms with Gasteiger partial charge in [0, 0.05) is 25.0 Å². The van der Waals surface area contributed by atoms with Crippen molar-refractivity contribution in [3.63, 3.8) is 0 Å². The zero-order chi connectivity index (χ0) is 13.7. The van der Waals surface area contributed by atoms with Gasteiger partial charge in [-0.15, -0.1) is 0 Å². The quantitative estimate of drug-likeness (QED) is 0.871. The Bertz CT molecular complexity index is 520. The van der Waals surface area contributed by atoms with Crippen molar-refractivity contribution in [2.75, 3.05) is 18.5 Å². The molecule has 0 bridgehead atoms. The molecule has 0 aromatic heterocycles. The van der Waals surface area contributed by atoms with Crippen LogP contribution in [-0.2, 0) is 6.54 Å². The number of benzene rings is 2. The lowest BCUT2D eigenvalue weighted by molar-refractivity contribution is 0.726. The summed E-state index contributed by atoms with van der Waals surface area (Å²) < 4.78 is 0. The molecule has 0 spiro atoms. The average molecular weight is 254 g/mol. The topological polar surface area (TPSA) is 15.3 Å². The van der Waals surface area contributed by atoms with Crippen LogP contribution >= 0.6 is 0 Å². The fraction of sp³-hybridized carbons (Fsp3) is 0.294. The van der Waals surface area contributed by atoms with E-state index in [1.807, 2.05) is 6.07 Å². The Morgan fingerprint density at radius 3 is 2.42 bits per heavy atom. The summed E-state index contributed by atoms with van der Waals surface area (Å²) in [5.41, 5.74) is 5.11. The van der Waals surface area contributed by atoms with E-state index in [1.54, 1.807) is 0 Å². The SMILES string of the molecule is CCNCc1ccc(N(C)c2ccccc2)c(C)c1. The predicted molar refractivity (Wildman–Crippen MR) is 83.1 cm³/mol. The molecule has 0 unspecified atom stereocenters. The highest BCUT2D eigenvalue weighted by Gasteiger charge is 2.07. The molecule has 2 rings (SSSR count). The van der Waals surface area contributed by atoms with Crippen molar-refractivity contribution in [3.8, 4) is 0 Å². The van der Waals surface area contributed by atoms with E-state index >= 15 is 0 Å². The Balaban J connectivity index is 2.21. The van der Waals surface area contributed by atoms with Crippen LogP contribution in [0.15, 0.2) is 48.5 Å². The summed E-state index contributed by atoms with van der Waals surface area (Å²) in [6, 6.07) is 17.1. The third-order valence-corrected chi connectivity index (χ3v) is 3.35. The molecule has 2 aromatic rings. The Morgan fingerprint density at radius 1 is 1.05 bits per heavy atom. The van der Waals surface area contributed by atoms with Crippen LogP contribution in [0.2, 0.25) is 0 Å². The summed E-state index contributed by atoms with van der Waals surface area (Å²) in [4.78, 5) is 2.23. The molecule has 1 N–H and O–H groups in total. The van der Waals surface area contributed by atoms with Crippen molar-refractivity contribution in [2.24, 2.45) is 0 Å². The molecule has 0 saturated carbocycles. The minimum Gasteiger partial charge on any atom is -0.344 e. The minimum absolute atomic E-state index is 0.937. The van der Waals surface area contributed by atoms with Gasteiger partial charge in [0.1, 0.15) is 0 Å². The van der Waals surface area contributed by atoms with E-state index in [-0.39, 0.29) is 0 Å². The number of hydrogen-bond donors (Lipinski definition) is 1. The van der Waals surface area contributed by atoms with Gasteiger partial charge in [-0.25, -0.2) is 0 Å². The highest BCUT2D eigenvalue weighted by Crippen LogP contribution is 2.27. The van der Waals surface area contributed by atoms with E-state index in [9.17, 15) is 0 Å². The first-order chi connectivity index (χ1) is 9.22. The van der Waals surface area contributed by atoms with E-state index in [1.165, 1.54) is 22.5 Å². The van der Waals surface area contributed by atoms with Crippen LogP contribution < -0.4 is 10.2 Å². The molecule has 19 heavy (non-hydrogen) atoms. The van der Waals surface area contributed by atoms with Gasteiger partial charge < -0.3 is 10.2 Å². The van der Waals surface area contributed by atoms with Crippen molar-refractivity contribution < 1.29 is 0 Å². The molecule has 0 heterocycles. The van der Waals surface area contributed by atoms with Gasteiger partial charge in [-0.3, -0.25) is 0 Å². The lowest BCUT2D eigenvalue weighted by Gasteiger charge is -2.22. The maximum atomic E-state index is 3.36. The van der Waals surface area contributed by atoms with Crippen LogP contribution in [0.4, 0.5) is 11.4 Å². The molecular weight excluding hydrogens is 232 g/mol. The third-order valence-electron chi connectivity index (χ3n) is 3.35. The fourth-order valence-electron chi connectivity index (χ4n) is 2.26. The van der Waals surface area contributed by atoms with Crippen LogP contribution in [0.5, 0.6) is 0 Å². The minimum atomic E-state index is 0.937. The maximum Gasteiger partial charge on any atom is 0.0438 e. The number of nitrogens with one attached hydrogen (secondary N) is 1. The third kappa shape index (κ3) is 3.36. The molecule has 0 fully saturated rings. The van der Waals surface area contributed by atoms with E-state index < -0.39 is 0 Å². The zero-order valence-electron chi connectivity index (χ0n) is 12.0. The number of rotatable bonds is 5. The van der Waals surface area contributed by atoms with Crippen molar-refractivity contribution >= 4 is 11.4 Å². The van der Waals surface area contributed by atoms with Crippen molar-refractivity contribution in [2.45, 2.75) is 20.4 Å². The highest BCUT2D eigenvalue weighted by atomic mass is 15.1. The predicted octanol–water partition coefficient (Wildman–Crippen LogP) is 3.87. The molecule has 0 aliphatic rings. The first-order valence-corrected chi connectivity index (χ1v) is 6.81. The van der Waals surface area contributed by atoms with Gasteiger partial charge in [0.2, 0.25) is 0 Å². The molecule has 0 radical (unpaired) electrons. The number of aryl methyl sites for hydroxylation is 1. The van der Waals surface area contributed by atoms with Gasteiger partial charge in [0.15, 0.2) is 0 Å². The van der Waals surface area contributed by atoms with Gasteiger partial charge in [0.05, 0.1) is 0 Å². The van der Waals surface area contributed by atoms with Crippen LogP contribution in [0.3, 0.4) is 0 Å². The standard InChI is InChI=1S/C17H22N2/c1-4-18-13-15-10-11-17(14(2)12-15)19(3)16-8-6-5-7-9-16/h5-12,18H,4,13H2,1-3H3. The van der Waals surface area contributed by atoms with Gasteiger partial charge in [0.25, 0.3) is 0 Å². The lowest BCUT2D eigenvalue weighted by atomic mass is 10.1. The van der Waals surface area contributed by atoms with Gasteiger partial charge in [-0.05, 0) is 42.8 Å². The summed E-state index contributed by atoms with van der Waals surface area (Å²) in [7, 11) is 2.11. The van der Waals surface area contributed by atoms with Crippen molar-refractivity contribution in [1.82, 2.24) is 5.32 Å². The molecule has 0 aliphatic heterocycles. The van der Waals surface area contributed by atoms with E-state index in [0.29, 0.717) is 0 Å². The van der Waals surface area contributed by atoms with Crippen LogP contribution in [0.25, 0.3) is 0 Å². The molecule has 2 aromatic carbocycles. The van der Waals surface area contributed by atoms with Gasteiger partial charge in [-0.1, -0.05) is 37.3 Å². The second kappa shape index (κ2) is 6.39. The molecule has 2 nitrogen and oxygen atoms in total. The Kier molecular flexibility index (Phi) is 4.58. The van der Waals surface area contributed by atoms with Crippen LogP contribution in [-0.4, -0.2) is 13.6 Å². The summed E-state index contributed by atoms with van der Waals surface area (Å²) in [6.07, 6.45) is 0. The zero-order valence-corrected chi connectivity index (χ0v) is 12.0. The number of para-hydroxylation sites is 1. The Morgan fingerprint density at radius 2 is 1.79 bits per heavy atom. The number of hydrogen-bond acceptors (Lipinski definition) is 2. The molecule has 0 atom stereocenters. The second-order valence-electron chi connectivity index (χ2n) is 4.80. The van der Waals surface area contributed by atoms with Crippen molar-refractivity contribution in [3.05, 3.63) is 59.7 Å². The van der Waals surface area contributed by atoms with Gasteiger partial charge in [-0.2, -0.15) is 0 Å². The summed E-state index contributed by atoms with van der Waals surface area (Å²) >= 11 is 0. The fourth-order valence-corrected chi connectivity index (χ4v) is 2.26. The average Bonchev–Trinajstić information content (AvgIpc) is 2.45. The Labute approximate surface area is 116 Å². The first kappa shape index (κ1) is 13.6. The molecule has 0 amide bonds. The second-order valence-corrected chi connectivity index (χ2v) is 4.80. The lowest BCUT2D eigenvalue weighted by Crippen LogP contribution is -2.13. The molecule has 100 valence electrons. The number of nitrogens with zero attached hydrogens (tertiary/aromatic N) is 1. The summed E-state index contributed by atoms with van der Waals surface area (Å²) in [6.45, 7) is 6.24. The molecule has 0 saturated heterocycles. The van der Waals surface area contributed by atoms with Crippen LogP contribution in [0.1, 0.15) is 18.1 Å². The van der Waals surface area contributed by atoms with Gasteiger partial charge >= 0.3 is 0 Å². The van der Waals surface area contributed by atoms with Crippen LogP contribution in [0, 0.1) is 6.92 Å².